The number of fused-ring (bicyclic) bond motifs is 1. The van der Waals surface area contributed by atoms with E-state index in [4.69, 9.17) is 21.1 Å². The summed E-state index contributed by atoms with van der Waals surface area (Å²) >= 11 is 7.40. The molecule has 1 aliphatic rings. The number of thiazole rings is 1. The van der Waals surface area contributed by atoms with Crippen molar-refractivity contribution in [1.29, 1.82) is 0 Å². The van der Waals surface area contributed by atoms with Crippen molar-refractivity contribution < 1.29 is 24.2 Å². The zero-order valence-electron chi connectivity index (χ0n) is 20.7. The van der Waals surface area contributed by atoms with E-state index >= 15 is 0 Å². The normalized spacial score (nSPS) is 16.8. The fraction of sp³-hybridized carbons (Fsp3) is 0.214. The Morgan fingerprint density at radius 2 is 1.89 bits per heavy atom. The zero-order chi connectivity index (χ0) is 26.8. The molecule has 2 aromatic carbocycles. The number of anilines is 1. The van der Waals surface area contributed by atoms with Gasteiger partial charge in [-0.3, -0.25) is 19.5 Å². The smallest absolute Gasteiger partial charge is 0.301 e. The monoisotopic (exact) mass is 549 g/mol. The van der Waals surface area contributed by atoms with Crippen LogP contribution in [0, 0.1) is 0 Å². The quantitative estimate of drug-likeness (QED) is 0.121. The number of halogens is 1. The molecule has 4 aromatic rings. The number of hydrogen-bond acceptors (Lipinski definition) is 8. The number of aromatic nitrogens is 2. The highest BCUT2D eigenvalue weighted by Gasteiger charge is 2.48. The van der Waals surface area contributed by atoms with Gasteiger partial charge in [0, 0.05) is 23.0 Å². The number of aliphatic hydroxyl groups is 1. The molecule has 0 bridgehead atoms. The van der Waals surface area contributed by atoms with Gasteiger partial charge >= 0.3 is 5.91 Å². The number of rotatable bonds is 8. The van der Waals surface area contributed by atoms with Crippen LogP contribution in [0.3, 0.4) is 0 Å². The van der Waals surface area contributed by atoms with Crippen LogP contribution in [0.1, 0.15) is 36.9 Å². The molecule has 194 valence electrons. The SMILES string of the molecule is CCCCOc1ccc(C2C(=C(O)c3ccncc3)C(=O)C(=O)N2c2nc3ccc(Cl)cc3s2)cc1OC. The Balaban J connectivity index is 1.68. The van der Waals surface area contributed by atoms with Crippen molar-refractivity contribution >= 4 is 55.7 Å². The molecule has 1 aliphatic heterocycles. The third-order valence-corrected chi connectivity index (χ3v) is 7.45. The van der Waals surface area contributed by atoms with Crippen LogP contribution in [-0.2, 0) is 9.59 Å². The second kappa shape index (κ2) is 10.8. The average molecular weight is 550 g/mol. The van der Waals surface area contributed by atoms with Crippen LogP contribution in [0.2, 0.25) is 5.02 Å². The van der Waals surface area contributed by atoms with E-state index in [1.165, 1.54) is 35.7 Å². The van der Waals surface area contributed by atoms with Crippen molar-refractivity contribution in [2.45, 2.75) is 25.8 Å². The molecule has 38 heavy (non-hydrogen) atoms. The molecule has 0 aliphatic carbocycles. The minimum Gasteiger partial charge on any atom is -0.507 e. The third-order valence-electron chi connectivity index (χ3n) is 6.20. The molecule has 1 fully saturated rings. The molecule has 0 spiro atoms. The van der Waals surface area contributed by atoms with E-state index < -0.39 is 17.7 Å². The number of carbonyl (C=O) groups excluding carboxylic acids is 2. The van der Waals surface area contributed by atoms with Gasteiger partial charge < -0.3 is 14.6 Å². The molecule has 1 amide bonds. The van der Waals surface area contributed by atoms with E-state index in [0.29, 0.717) is 44.9 Å². The molecule has 10 heteroatoms. The highest BCUT2D eigenvalue weighted by Crippen LogP contribution is 2.46. The van der Waals surface area contributed by atoms with Crippen molar-refractivity contribution in [1.82, 2.24) is 9.97 Å². The van der Waals surface area contributed by atoms with Crippen molar-refractivity contribution in [2.75, 3.05) is 18.6 Å². The number of benzene rings is 2. The lowest BCUT2D eigenvalue weighted by molar-refractivity contribution is -0.132. The lowest BCUT2D eigenvalue weighted by Crippen LogP contribution is -2.29. The second-order valence-electron chi connectivity index (χ2n) is 8.63. The summed E-state index contributed by atoms with van der Waals surface area (Å²) in [7, 11) is 1.52. The minimum absolute atomic E-state index is 0.0554. The molecule has 1 atom stereocenters. The third kappa shape index (κ3) is 4.70. The standard InChI is InChI=1S/C28H24ClN3O5S/c1-3-4-13-37-20-8-5-17(14-21(20)36-2)24-23(25(33)16-9-11-30-12-10-16)26(34)27(35)32(24)28-31-19-7-6-18(29)15-22(19)38-28/h5-12,14-15,24,33H,3-4,13H2,1-2H3. The maximum absolute atomic E-state index is 13.5. The van der Waals surface area contributed by atoms with Crippen LogP contribution in [0.25, 0.3) is 16.0 Å². The molecule has 0 saturated carbocycles. The topological polar surface area (TPSA) is 102 Å². The number of hydrogen-bond donors (Lipinski definition) is 1. The Morgan fingerprint density at radius 3 is 2.63 bits per heavy atom. The maximum Gasteiger partial charge on any atom is 0.301 e. The summed E-state index contributed by atoms with van der Waals surface area (Å²) in [5.74, 6) is -0.916. The Morgan fingerprint density at radius 1 is 1.11 bits per heavy atom. The molecule has 8 nitrogen and oxygen atoms in total. The first-order chi connectivity index (χ1) is 18.4. The molecule has 1 saturated heterocycles. The molecule has 0 radical (unpaired) electrons. The highest BCUT2D eigenvalue weighted by atomic mass is 35.5. The molecule has 1 unspecified atom stereocenters. The predicted molar refractivity (Wildman–Crippen MR) is 147 cm³/mol. The van der Waals surface area contributed by atoms with Crippen LogP contribution in [0.5, 0.6) is 11.5 Å². The van der Waals surface area contributed by atoms with Gasteiger partial charge in [-0.05, 0) is 54.4 Å². The number of amides is 1. The van der Waals surface area contributed by atoms with E-state index in [0.717, 1.165) is 17.5 Å². The van der Waals surface area contributed by atoms with Gasteiger partial charge in [0.1, 0.15) is 5.76 Å². The van der Waals surface area contributed by atoms with E-state index in [-0.39, 0.29) is 11.3 Å². The molecule has 2 aromatic heterocycles. The van der Waals surface area contributed by atoms with E-state index in [2.05, 4.69) is 16.9 Å². The van der Waals surface area contributed by atoms with Crippen molar-refractivity contribution in [3.8, 4) is 11.5 Å². The average Bonchev–Trinajstić information content (AvgIpc) is 3.46. The van der Waals surface area contributed by atoms with Gasteiger partial charge in [0.25, 0.3) is 5.78 Å². The number of aliphatic hydroxyl groups excluding tert-OH is 1. The predicted octanol–water partition coefficient (Wildman–Crippen LogP) is 6.16. The summed E-state index contributed by atoms with van der Waals surface area (Å²) in [4.78, 5) is 36.8. The Kier molecular flexibility index (Phi) is 7.31. The van der Waals surface area contributed by atoms with Crippen LogP contribution in [0.4, 0.5) is 5.13 Å². The number of ketones is 1. The fourth-order valence-corrected chi connectivity index (χ4v) is 5.57. The summed E-state index contributed by atoms with van der Waals surface area (Å²) in [6.45, 7) is 2.60. The number of nitrogens with zero attached hydrogens (tertiary/aromatic N) is 3. The molecular formula is C28H24ClN3O5S. The van der Waals surface area contributed by atoms with Crippen molar-refractivity contribution in [3.63, 3.8) is 0 Å². The number of carbonyl (C=O) groups is 2. The molecule has 5 rings (SSSR count). The van der Waals surface area contributed by atoms with Crippen LogP contribution < -0.4 is 14.4 Å². The van der Waals surface area contributed by atoms with E-state index in [1.54, 1.807) is 48.5 Å². The van der Waals surface area contributed by atoms with E-state index in [1.807, 2.05) is 0 Å². The summed E-state index contributed by atoms with van der Waals surface area (Å²) in [6.07, 6.45) is 4.88. The first-order valence-corrected chi connectivity index (χ1v) is 13.2. The maximum atomic E-state index is 13.5. The van der Waals surface area contributed by atoms with Crippen LogP contribution in [-0.4, -0.2) is 40.5 Å². The van der Waals surface area contributed by atoms with Crippen LogP contribution >= 0.6 is 22.9 Å². The van der Waals surface area contributed by atoms with Crippen molar-refractivity contribution in [3.05, 3.63) is 82.6 Å². The summed E-state index contributed by atoms with van der Waals surface area (Å²) in [5, 5.41) is 12.1. The van der Waals surface area contributed by atoms with Gasteiger partial charge in [-0.25, -0.2) is 4.98 Å². The van der Waals surface area contributed by atoms with Crippen molar-refractivity contribution in [2.24, 2.45) is 0 Å². The first-order valence-electron chi connectivity index (χ1n) is 12.0. The Labute approximate surface area is 228 Å². The Hall–Kier alpha value is -3.95. The lowest BCUT2D eigenvalue weighted by atomic mass is 9.95. The summed E-state index contributed by atoms with van der Waals surface area (Å²) in [6, 6.07) is 12.6. The molecule has 3 heterocycles. The number of unbranched alkanes of at least 4 members (excludes halogenated alkanes) is 1. The van der Waals surface area contributed by atoms with E-state index in [9.17, 15) is 14.7 Å². The number of Topliss-reactive ketones (excluding diaryl/α,β-unsaturated/α-hetero) is 1. The van der Waals surface area contributed by atoms with Gasteiger partial charge in [0.05, 0.1) is 35.5 Å². The van der Waals surface area contributed by atoms with Crippen LogP contribution in [0.15, 0.2) is 66.5 Å². The zero-order valence-corrected chi connectivity index (χ0v) is 22.3. The number of pyridine rings is 1. The lowest BCUT2D eigenvalue weighted by Gasteiger charge is -2.24. The first kappa shape index (κ1) is 25.7. The van der Waals surface area contributed by atoms with Gasteiger partial charge in [0.15, 0.2) is 16.6 Å². The molecular weight excluding hydrogens is 526 g/mol. The summed E-state index contributed by atoms with van der Waals surface area (Å²) in [5.41, 5.74) is 1.50. The second-order valence-corrected chi connectivity index (χ2v) is 10.1. The van der Waals surface area contributed by atoms with Gasteiger partial charge in [-0.1, -0.05) is 42.3 Å². The van der Waals surface area contributed by atoms with Gasteiger partial charge in [-0.15, -0.1) is 0 Å². The molecule has 1 N–H and O–H groups in total. The number of methoxy groups -OCH3 is 1. The minimum atomic E-state index is -0.960. The summed E-state index contributed by atoms with van der Waals surface area (Å²) < 4.78 is 12.2. The highest BCUT2D eigenvalue weighted by molar-refractivity contribution is 7.22. The van der Waals surface area contributed by atoms with Gasteiger partial charge in [0.2, 0.25) is 0 Å². The Bertz CT molecular complexity index is 1550. The number of ether oxygens (including phenoxy) is 2. The fourth-order valence-electron chi connectivity index (χ4n) is 4.30. The largest absolute Gasteiger partial charge is 0.507 e. The van der Waals surface area contributed by atoms with Gasteiger partial charge in [-0.2, -0.15) is 0 Å².